The molecule has 0 saturated carbocycles. The first-order chi connectivity index (χ1) is 11.5. The summed E-state index contributed by atoms with van der Waals surface area (Å²) in [7, 11) is 3.07. The van der Waals surface area contributed by atoms with Gasteiger partial charge in [0.15, 0.2) is 0 Å². The Kier molecular flexibility index (Phi) is 6.08. The molecule has 0 unspecified atom stereocenters. The van der Waals surface area contributed by atoms with Gasteiger partial charge in [-0.05, 0) is 30.7 Å². The molecule has 0 spiro atoms. The van der Waals surface area contributed by atoms with Crippen molar-refractivity contribution in [3.8, 4) is 5.75 Å². The van der Waals surface area contributed by atoms with Crippen molar-refractivity contribution >= 4 is 5.91 Å². The fourth-order valence-electron chi connectivity index (χ4n) is 2.21. The van der Waals surface area contributed by atoms with E-state index in [4.69, 9.17) is 9.47 Å². The molecule has 0 saturated heterocycles. The Morgan fingerprint density at radius 1 is 1.25 bits per heavy atom. The van der Waals surface area contributed by atoms with E-state index in [0.717, 1.165) is 16.0 Å². The maximum atomic E-state index is 12.4. The molecular weight excluding hydrogens is 310 g/mol. The van der Waals surface area contributed by atoms with Gasteiger partial charge in [-0.25, -0.2) is 4.68 Å². The second-order valence-electron chi connectivity index (χ2n) is 5.16. The molecule has 1 N–H and O–H groups in total. The molecule has 2 aromatic rings. The molecule has 0 bridgehead atoms. The number of hydrogen-bond acceptors (Lipinski definition) is 5. The van der Waals surface area contributed by atoms with E-state index in [-0.39, 0.29) is 23.2 Å². The number of methoxy groups -OCH3 is 1. The number of aromatic nitrogens is 2. The van der Waals surface area contributed by atoms with Gasteiger partial charge in [-0.3, -0.25) is 9.59 Å². The summed E-state index contributed by atoms with van der Waals surface area (Å²) in [6.45, 7) is 2.82. The molecule has 7 heteroatoms. The molecule has 0 aliphatic rings. The smallest absolute Gasteiger partial charge is 0.272 e. The molecule has 1 aromatic heterocycles. The minimum atomic E-state index is -0.374. The molecule has 24 heavy (non-hydrogen) atoms. The number of benzene rings is 1. The van der Waals surface area contributed by atoms with Gasteiger partial charge < -0.3 is 14.8 Å². The lowest BCUT2D eigenvalue weighted by atomic mass is 10.1. The number of aryl methyl sites for hydroxylation is 1. The molecule has 128 valence electrons. The van der Waals surface area contributed by atoms with Crippen molar-refractivity contribution < 1.29 is 14.3 Å². The zero-order valence-electron chi connectivity index (χ0n) is 14.0. The Morgan fingerprint density at radius 3 is 2.54 bits per heavy atom. The summed E-state index contributed by atoms with van der Waals surface area (Å²) in [4.78, 5) is 23.7. The lowest BCUT2D eigenvalue weighted by molar-refractivity contribution is 0.0889. The van der Waals surface area contributed by atoms with Crippen LogP contribution in [0.1, 0.15) is 29.0 Å². The first kappa shape index (κ1) is 17.7. The molecule has 0 fully saturated rings. The number of carbonyl (C=O) groups is 1. The van der Waals surface area contributed by atoms with Crippen LogP contribution in [0.4, 0.5) is 0 Å². The second kappa shape index (κ2) is 8.26. The number of hydrogen-bond donors (Lipinski definition) is 1. The predicted octanol–water partition coefficient (Wildman–Crippen LogP) is 1.30. The van der Waals surface area contributed by atoms with E-state index in [1.165, 1.54) is 19.2 Å². The molecule has 0 radical (unpaired) electrons. The third-order valence-electron chi connectivity index (χ3n) is 3.43. The van der Waals surface area contributed by atoms with Gasteiger partial charge in [0.2, 0.25) is 0 Å². The number of carbonyl (C=O) groups excluding carboxylic acids is 1. The lowest BCUT2D eigenvalue weighted by Crippen LogP contribution is -2.33. The van der Waals surface area contributed by atoms with Crippen molar-refractivity contribution in [2.75, 3.05) is 20.3 Å². The quantitative estimate of drug-likeness (QED) is 0.827. The third kappa shape index (κ3) is 4.42. The molecule has 1 aromatic carbocycles. The third-order valence-corrected chi connectivity index (χ3v) is 3.43. The molecule has 0 aliphatic carbocycles. The number of ether oxygens (including phenoxy) is 2. The van der Waals surface area contributed by atoms with Gasteiger partial charge in [-0.15, -0.1) is 0 Å². The number of amides is 1. The minimum absolute atomic E-state index is 0.170. The minimum Gasteiger partial charge on any atom is -0.494 e. The first-order valence-electron chi connectivity index (χ1n) is 7.62. The summed E-state index contributed by atoms with van der Waals surface area (Å²) < 4.78 is 11.7. The molecule has 1 heterocycles. The van der Waals surface area contributed by atoms with E-state index in [0.29, 0.717) is 13.2 Å². The van der Waals surface area contributed by atoms with Crippen molar-refractivity contribution in [2.45, 2.75) is 13.0 Å². The normalized spacial score (nSPS) is 11.8. The van der Waals surface area contributed by atoms with Gasteiger partial charge in [0.05, 0.1) is 19.3 Å². The average Bonchev–Trinajstić information content (AvgIpc) is 2.58. The van der Waals surface area contributed by atoms with Crippen LogP contribution in [-0.4, -0.2) is 36.0 Å². The fraction of sp³-hybridized carbons (Fsp3) is 0.353. The average molecular weight is 331 g/mol. The Morgan fingerprint density at radius 2 is 1.96 bits per heavy atom. The van der Waals surface area contributed by atoms with Crippen molar-refractivity contribution in [3.05, 3.63) is 58.0 Å². The van der Waals surface area contributed by atoms with E-state index in [2.05, 4.69) is 10.4 Å². The maximum absolute atomic E-state index is 12.4. The van der Waals surface area contributed by atoms with Crippen LogP contribution in [0.25, 0.3) is 0 Å². The highest BCUT2D eigenvalue weighted by Gasteiger charge is 2.17. The Bertz CT molecular complexity index is 740. The van der Waals surface area contributed by atoms with Crippen LogP contribution < -0.4 is 15.6 Å². The van der Waals surface area contributed by atoms with Crippen LogP contribution in [0.15, 0.2) is 41.2 Å². The van der Waals surface area contributed by atoms with E-state index >= 15 is 0 Å². The summed E-state index contributed by atoms with van der Waals surface area (Å²) in [5.41, 5.74) is 0.786. The monoisotopic (exact) mass is 331 g/mol. The summed E-state index contributed by atoms with van der Waals surface area (Å²) in [5.74, 6) is 0.394. The summed E-state index contributed by atoms with van der Waals surface area (Å²) >= 11 is 0. The van der Waals surface area contributed by atoms with Gasteiger partial charge in [0.25, 0.3) is 11.5 Å². The van der Waals surface area contributed by atoms with Gasteiger partial charge in [-0.2, -0.15) is 5.10 Å². The summed E-state index contributed by atoms with van der Waals surface area (Å²) in [6, 6.07) is 9.82. The highest BCUT2D eigenvalue weighted by atomic mass is 16.5. The van der Waals surface area contributed by atoms with Crippen LogP contribution in [-0.2, 0) is 11.8 Å². The number of rotatable bonds is 7. The largest absolute Gasteiger partial charge is 0.494 e. The molecule has 1 amide bonds. The summed E-state index contributed by atoms with van der Waals surface area (Å²) in [5, 5.41) is 6.82. The second-order valence-corrected chi connectivity index (χ2v) is 5.16. The Labute approximate surface area is 140 Å². The van der Waals surface area contributed by atoms with E-state index in [9.17, 15) is 9.59 Å². The van der Waals surface area contributed by atoms with Crippen molar-refractivity contribution in [1.82, 2.24) is 15.1 Å². The van der Waals surface area contributed by atoms with Gasteiger partial charge in [-0.1, -0.05) is 12.1 Å². The Balaban J connectivity index is 2.16. The van der Waals surface area contributed by atoms with Crippen LogP contribution in [0.3, 0.4) is 0 Å². The number of nitrogens with zero attached hydrogens (tertiary/aromatic N) is 2. The fourth-order valence-corrected chi connectivity index (χ4v) is 2.21. The van der Waals surface area contributed by atoms with Gasteiger partial charge in [0.1, 0.15) is 11.4 Å². The van der Waals surface area contributed by atoms with Crippen molar-refractivity contribution in [1.29, 1.82) is 0 Å². The van der Waals surface area contributed by atoms with E-state index < -0.39 is 0 Å². The van der Waals surface area contributed by atoms with Crippen LogP contribution in [0, 0.1) is 0 Å². The van der Waals surface area contributed by atoms with Crippen LogP contribution >= 0.6 is 0 Å². The number of nitrogens with one attached hydrogen (secondary N) is 1. The SMILES string of the molecule is CCOc1ccc([C@H](COC)NC(=O)c2ccc(=O)n(C)n2)cc1. The molecule has 1 atom stereocenters. The lowest BCUT2D eigenvalue weighted by Gasteiger charge is -2.18. The van der Waals surface area contributed by atoms with Crippen LogP contribution in [0.2, 0.25) is 0 Å². The van der Waals surface area contributed by atoms with Crippen LogP contribution in [0.5, 0.6) is 5.75 Å². The highest BCUT2D eigenvalue weighted by molar-refractivity contribution is 5.92. The van der Waals surface area contributed by atoms with E-state index in [1.807, 2.05) is 31.2 Å². The van der Waals surface area contributed by atoms with Crippen molar-refractivity contribution in [2.24, 2.45) is 7.05 Å². The topological polar surface area (TPSA) is 82.5 Å². The molecule has 7 nitrogen and oxygen atoms in total. The van der Waals surface area contributed by atoms with Gasteiger partial charge >= 0.3 is 0 Å². The zero-order chi connectivity index (χ0) is 17.5. The van der Waals surface area contributed by atoms with Gasteiger partial charge in [0, 0.05) is 20.2 Å². The molecular formula is C17H21N3O4. The highest BCUT2D eigenvalue weighted by Crippen LogP contribution is 2.18. The Hall–Kier alpha value is -2.67. The first-order valence-corrected chi connectivity index (χ1v) is 7.62. The van der Waals surface area contributed by atoms with Crippen molar-refractivity contribution in [3.63, 3.8) is 0 Å². The maximum Gasteiger partial charge on any atom is 0.272 e. The standard InChI is InChI=1S/C17H21N3O4/c1-4-24-13-7-5-12(6-8-13)15(11-23-3)18-17(22)14-9-10-16(21)20(2)19-14/h5-10,15H,4,11H2,1-3H3,(H,18,22)/t15-/m0/s1. The molecule has 2 rings (SSSR count). The predicted molar refractivity (Wildman–Crippen MR) is 89.2 cm³/mol. The van der Waals surface area contributed by atoms with E-state index in [1.54, 1.807) is 7.11 Å². The zero-order valence-corrected chi connectivity index (χ0v) is 14.0. The molecule has 0 aliphatic heterocycles. The summed E-state index contributed by atoms with van der Waals surface area (Å²) in [6.07, 6.45) is 0.